The van der Waals surface area contributed by atoms with Crippen LogP contribution in [-0.4, -0.2) is 46.1 Å². The van der Waals surface area contributed by atoms with Crippen LogP contribution in [0.25, 0.3) is 0 Å². The molecule has 5 heteroatoms. The van der Waals surface area contributed by atoms with Gasteiger partial charge in [-0.1, -0.05) is 6.42 Å². The minimum absolute atomic E-state index is 0.0533. The molecular formula is C19H30N2O3. The molecule has 4 saturated carbocycles. The molecule has 4 aliphatic carbocycles. The van der Waals surface area contributed by atoms with E-state index in [1.807, 2.05) is 4.90 Å². The van der Waals surface area contributed by atoms with Crippen molar-refractivity contribution in [2.24, 2.45) is 11.8 Å². The van der Waals surface area contributed by atoms with Crippen molar-refractivity contribution in [3.8, 4) is 0 Å². The normalized spacial score (nSPS) is 41.4. The number of hydrogen-bond donors (Lipinski definition) is 2. The number of nitrogens with one attached hydrogen (secondary N) is 1. The highest BCUT2D eigenvalue weighted by molar-refractivity contribution is 5.79. The molecule has 2 N–H and O–H groups in total. The monoisotopic (exact) mass is 334 g/mol. The molecule has 0 spiro atoms. The summed E-state index contributed by atoms with van der Waals surface area (Å²) >= 11 is 0. The number of aliphatic hydroxyl groups is 1. The molecule has 5 rings (SSSR count). The summed E-state index contributed by atoms with van der Waals surface area (Å²) in [6, 6.07) is 0. The van der Waals surface area contributed by atoms with E-state index in [2.05, 4.69) is 5.32 Å². The Morgan fingerprint density at radius 1 is 1.17 bits per heavy atom. The lowest BCUT2D eigenvalue weighted by Gasteiger charge is -2.60. The van der Waals surface area contributed by atoms with E-state index in [1.165, 1.54) is 6.42 Å². The molecule has 2 atom stereocenters. The van der Waals surface area contributed by atoms with Crippen molar-refractivity contribution in [2.75, 3.05) is 13.1 Å². The average Bonchev–Trinajstić information content (AvgIpc) is 2.66. The lowest BCUT2D eigenvalue weighted by Crippen LogP contribution is -2.65. The SMILES string of the molecule is O=C(CCN1CCCCCC1=O)NC12CC3CC(CC(O)(C3)C1)C2. The van der Waals surface area contributed by atoms with E-state index in [9.17, 15) is 14.7 Å². The summed E-state index contributed by atoms with van der Waals surface area (Å²) in [4.78, 5) is 26.4. The van der Waals surface area contributed by atoms with Crippen LogP contribution in [0.4, 0.5) is 0 Å². The van der Waals surface area contributed by atoms with Crippen LogP contribution in [0, 0.1) is 11.8 Å². The summed E-state index contributed by atoms with van der Waals surface area (Å²) < 4.78 is 0. The Labute approximate surface area is 144 Å². The number of carbonyl (C=O) groups excluding carboxylic acids is 2. The zero-order valence-corrected chi connectivity index (χ0v) is 14.6. The summed E-state index contributed by atoms with van der Waals surface area (Å²) in [7, 11) is 0. The number of rotatable bonds is 4. The molecule has 1 aliphatic heterocycles. The van der Waals surface area contributed by atoms with E-state index in [4.69, 9.17) is 0 Å². The van der Waals surface area contributed by atoms with Gasteiger partial charge >= 0.3 is 0 Å². The Kier molecular flexibility index (Phi) is 4.10. The van der Waals surface area contributed by atoms with Crippen LogP contribution in [0.2, 0.25) is 0 Å². The van der Waals surface area contributed by atoms with E-state index in [1.54, 1.807) is 0 Å². The molecule has 2 unspecified atom stereocenters. The molecule has 0 aromatic carbocycles. The first-order chi connectivity index (χ1) is 11.5. The van der Waals surface area contributed by atoms with Gasteiger partial charge < -0.3 is 15.3 Å². The summed E-state index contributed by atoms with van der Waals surface area (Å²) in [6.45, 7) is 1.33. The van der Waals surface area contributed by atoms with Gasteiger partial charge in [-0.15, -0.1) is 0 Å². The van der Waals surface area contributed by atoms with Crippen LogP contribution < -0.4 is 5.32 Å². The Morgan fingerprint density at radius 2 is 1.92 bits per heavy atom. The van der Waals surface area contributed by atoms with Crippen molar-refractivity contribution in [1.29, 1.82) is 0 Å². The number of carbonyl (C=O) groups is 2. The third-order valence-electron chi connectivity index (χ3n) is 6.71. The van der Waals surface area contributed by atoms with Crippen LogP contribution in [0.3, 0.4) is 0 Å². The predicted octanol–water partition coefficient (Wildman–Crippen LogP) is 1.98. The molecule has 4 bridgehead atoms. The van der Waals surface area contributed by atoms with Crippen molar-refractivity contribution in [3.63, 3.8) is 0 Å². The van der Waals surface area contributed by atoms with Gasteiger partial charge in [0, 0.05) is 31.5 Å². The average molecular weight is 334 g/mol. The number of amides is 2. The predicted molar refractivity (Wildman–Crippen MR) is 90.2 cm³/mol. The second kappa shape index (κ2) is 6.01. The van der Waals surface area contributed by atoms with Crippen LogP contribution in [0.5, 0.6) is 0 Å². The first-order valence-electron chi connectivity index (χ1n) is 9.77. The maximum Gasteiger partial charge on any atom is 0.222 e. The fraction of sp³-hybridized carbons (Fsp3) is 0.895. The van der Waals surface area contributed by atoms with Gasteiger partial charge in [-0.25, -0.2) is 0 Å². The van der Waals surface area contributed by atoms with E-state index in [-0.39, 0.29) is 17.4 Å². The summed E-state index contributed by atoms with van der Waals surface area (Å²) in [5.74, 6) is 1.40. The van der Waals surface area contributed by atoms with Gasteiger partial charge in [0.25, 0.3) is 0 Å². The fourth-order valence-electron chi connectivity index (χ4n) is 6.23. The van der Waals surface area contributed by atoms with Gasteiger partial charge in [0.2, 0.25) is 11.8 Å². The van der Waals surface area contributed by atoms with Gasteiger partial charge in [-0.05, 0) is 63.2 Å². The number of likely N-dealkylation sites (tertiary alicyclic amines) is 1. The van der Waals surface area contributed by atoms with Gasteiger partial charge in [0.1, 0.15) is 0 Å². The van der Waals surface area contributed by atoms with E-state index >= 15 is 0 Å². The first-order valence-corrected chi connectivity index (χ1v) is 9.77. The largest absolute Gasteiger partial charge is 0.390 e. The first kappa shape index (κ1) is 16.4. The molecule has 0 aromatic rings. The molecule has 5 nitrogen and oxygen atoms in total. The second-order valence-electron chi connectivity index (χ2n) is 8.96. The molecule has 0 radical (unpaired) electrons. The maximum absolute atomic E-state index is 12.5. The summed E-state index contributed by atoms with van der Waals surface area (Å²) in [6.07, 6.45) is 10.00. The molecule has 2 amide bonds. The van der Waals surface area contributed by atoms with Crippen LogP contribution in [0.15, 0.2) is 0 Å². The third-order valence-corrected chi connectivity index (χ3v) is 6.71. The molecule has 24 heavy (non-hydrogen) atoms. The van der Waals surface area contributed by atoms with Crippen LogP contribution in [0.1, 0.15) is 70.6 Å². The standard InChI is InChI=1S/C19H30N2O3/c22-16(5-7-21-6-3-1-2-4-17(21)23)20-18-9-14-8-15(10-18)12-19(24,11-14)13-18/h14-15,24H,1-13H2,(H,20,22). The second-order valence-corrected chi connectivity index (χ2v) is 8.96. The lowest BCUT2D eigenvalue weighted by atomic mass is 9.51. The van der Waals surface area contributed by atoms with Crippen molar-refractivity contribution in [3.05, 3.63) is 0 Å². The highest BCUT2D eigenvalue weighted by Crippen LogP contribution is 2.57. The fourth-order valence-corrected chi connectivity index (χ4v) is 6.23. The zero-order chi connectivity index (χ0) is 16.8. The zero-order valence-electron chi connectivity index (χ0n) is 14.6. The molecule has 134 valence electrons. The van der Waals surface area contributed by atoms with Crippen LogP contribution in [-0.2, 0) is 9.59 Å². The number of nitrogens with zero attached hydrogens (tertiary/aromatic N) is 1. The Morgan fingerprint density at radius 3 is 2.62 bits per heavy atom. The Bertz CT molecular complexity index is 519. The maximum atomic E-state index is 12.5. The molecule has 5 fully saturated rings. The van der Waals surface area contributed by atoms with E-state index in [0.717, 1.165) is 57.9 Å². The lowest BCUT2D eigenvalue weighted by molar-refractivity contribution is -0.151. The van der Waals surface area contributed by atoms with Crippen molar-refractivity contribution >= 4 is 11.8 Å². The molecule has 5 aliphatic rings. The van der Waals surface area contributed by atoms with Gasteiger partial charge in [-0.3, -0.25) is 9.59 Å². The van der Waals surface area contributed by atoms with Crippen molar-refractivity contribution in [1.82, 2.24) is 10.2 Å². The van der Waals surface area contributed by atoms with Crippen LogP contribution >= 0.6 is 0 Å². The highest BCUT2D eigenvalue weighted by atomic mass is 16.3. The smallest absolute Gasteiger partial charge is 0.222 e. The molecule has 1 saturated heterocycles. The van der Waals surface area contributed by atoms with E-state index < -0.39 is 5.60 Å². The van der Waals surface area contributed by atoms with Crippen molar-refractivity contribution < 1.29 is 14.7 Å². The third kappa shape index (κ3) is 3.19. The van der Waals surface area contributed by atoms with Gasteiger partial charge in [0.15, 0.2) is 0 Å². The Balaban J connectivity index is 1.34. The van der Waals surface area contributed by atoms with Gasteiger partial charge in [-0.2, -0.15) is 0 Å². The minimum Gasteiger partial charge on any atom is -0.390 e. The molecule has 0 aromatic heterocycles. The van der Waals surface area contributed by atoms with E-state index in [0.29, 0.717) is 31.2 Å². The topological polar surface area (TPSA) is 69.6 Å². The Hall–Kier alpha value is -1.10. The molecule has 1 heterocycles. The minimum atomic E-state index is -0.544. The number of hydrogen-bond acceptors (Lipinski definition) is 3. The summed E-state index contributed by atoms with van der Waals surface area (Å²) in [5, 5.41) is 14.1. The van der Waals surface area contributed by atoms with Gasteiger partial charge in [0.05, 0.1) is 5.60 Å². The quantitative estimate of drug-likeness (QED) is 0.826. The summed E-state index contributed by atoms with van der Waals surface area (Å²) in [5.41, 5.74) is -0.725. The highest BCUT2D eigenvalue weighted by Gasteiger charge is 2.57. The molecular weight excluding hydrogens is 304 g/mol. The van der Waals surface area contributed by atoms with Crippen molar-refractivity contribution in [2.45, 2.75) is 81.8 Å².